The van der Waals surface area contributed by atoms with Crippen molar-refractivity contribution < 1.29 is 10.0 Å². The zero-order chi connectivity index (χ0) is 14.6. The summed E-state index contributed by atoms with van der Waals surface area (Å²) in [5.41, 5.74) is -0.408. The Hall–Kier alpha value is -1.73. The van der Waals surface area contributed by atoms with Crippen molar-refractivity contribution in [1.29, 1.82) is 0 Å². The molecule has 1 aromatic heterocycles. The zero-order valence-electron chi connectivity index (χ0n) is 11.7. The van der Waals surface area contributed by atoms with Gasteiger partial charge in [-0.2, -0.15) is 0 Å². The van der Waals surface area contributed by atoms with Crippen molar-refractivity contribution in [3.63, 3.8) is 0 Å². The molecule has 0 saturated carbocycles. The molecule has 0 aliphatic heterocycles. The predicted molar refractivity (Wildman–Crippen MR) is 73.3 cm³/mol. The summed E-state index contributed by atoms with van der Waals surface area (Å²) in [4.78, 5) is 16.3. The van der Waals surface area contributed by atoms with Gasteiger partial charge in [0.25, 0.3) is 0 Å². The van der Waals surface area contributed by atoms with E-state index in [-0.39, 0.29) is 18.1 Å². The lowest BCUT2D eigenvalue weighted by Crippen LogP contribution is -2.43. The summed E-state index contributed by atoms with van der Waals surface area (Å²) < 4.78 is 0. The first kappa shape index (κ1) is 15.3. The van der Waals surface area contributed by atoms with E-state index < -0.39 is 10.5 Å². The molecule has 2 N–H and O–H groups in total. The van der Waals surface area contributed by atoms with Crippen LogP contribution >= 0.6 is 0 Å². The molecule has 1 heterocycles. The number of pyridine rings is 1. The monoisotopic (exact) mass is 268 g/mol. The second-order valence-electron chi connectivity index (χ2n) is 5.17. The highest BCUT2D eigenvalue weighted by molar-refractivity contribution is 5.56. The average Bonchev–Trinajstić information content (AvgIpc) is 2.24. The van der Waals surface area contributed by atoms with E-state index in [1.165, 1.54) is 6.07 Å². The Morgan fingerprint density at radius 2 is 2.16 bits per heavy atom. The maximum absolute atomic E-state index is 10.9. The Morgan fingerprint density at radius 1 is 1.53 bits per heavy atom. The molecule has 0 amide bonds. The van der Waals surface area contributed by atoms with Gasteiger partial charge in [0.15, 0.2) is 0 Å². The minimum atomic E-state index is -0.997. The van der Waals surface area contributed by atoms with Gasteiger partial charge in [-0.05, 0) is 34.0 Å². The molecular formula is C12H20N4O3. The third kappa shape index (κ3) is 4.80. The highest BCUT2D eigenvalue weighted by Crippen LogP contribution is 2.22. The molecule has 0 fully saturated rings. The van der Waals surface area contributed by atoms with E-state index in [1.54, 1.807) is 19.9 Å². The van der Waals surface area contributed by atoms with Crippen LogP contribution in [-0.4, -0.2) is 52.7 Å². The van der Waals surface area contributed by atoms with Gasteiger partial charge in [-0.15, -0.1) is 0 Å². The minimum absolute atomic E-state index is 0.0914. The van der Waals surface area contributed by atoms with E-state index in [4.69, 9.17) is 0 Å². The van der Waals surface area contributed by atoms with Gasteiger partial charge in [-0.3, -0.25) is 10.1 Å². The number of aryl methyl sites for hydroxylation is 1. The van der Waals surface area contributed by atoms with Crippen LogP contribution in [0, 0.1) is 17.0 Å². The normalized spacial score (nSPS) is 14.2. The van der Waals surface area contributed by atoms with E-state index in [1.807, 2.05) is 19.0 Å². The Bertz CT molecular complexity index is 460. The number of nitro groups is 1. The molecule has 1 atom stereocenters. The lowest BCUT2D eigenvalue weighted by Gasteiger charge is -2.27. The maximum Gasteiger partial charge on any atom is 0.311 e. The molecule has 0 radical (unpaired) electrons. The second-order valence-corrected chi connectivity index (χ2v) is 5.17. The van der Waals surface area contributed by atoms with Gasteiger partial charge >= 0.3 is 5.69 Å². The second kappa shape index (κ2) is 5.94. The van der Waals surface area contributed by atoms with Gasteiger partial charge in [0, 0.05) is 24.8 Å². The van der Waals surface area contributed by atoms with Crippen LogP contribution in [0.1, 0.15) is 12.6 Å². The first-order valence-electron chi connectivity index (χ1n) is 5.94. The first-order valence-corrected chi connectivity index (χ1v) is 5.94. The molecule has 0 aliphatic carbocycles. The van der Waals surface area contributed by atoms with Crippen LogP contribution in [0.4, 0.5) is 11.5 Å². The van der Waals surface area contributed by atoms with E-state index in [0.29, 0.717) is 12.2 Å². The van der Waals surface area contributed by atoms with Crippen LogP contribution in [0.25, 0.3) is 0 Å². The largest absolute Gasteiger partial charge is 0.387 e. The molecule has 19 heavy (non-hydrogen) atoms. The molecule has 0 saturated heterocycles. The van der Waals surface area contributed by atoms with Gasteiger partial charge in [0.05, 0.1) is 10.5 Å². The van der Waals surface area contributed by atoms with Gasteiger partial charge in [-0.1, -0.05) is 0 Å². The van der Waals surface area contributed by atoms with Gasteiger partial charge in [0.1, 0.15) is 0 Å². The quantitative estimate of drug-likeness (QED) is 0.591. The molecule has 1 unspecified atom stereocenters. The maximum atomic E-state index is 10.9. The highest BCUT2D eigenvalue weighted by Gasteiger charge is 2.23. The van der Waals surface area contributed by atoms with Crippen LogP contribution in [0.2, 0.25) is 0 Å². The predicted octanol–water partition coefficient (Wildman–Crippen LogP) is 1.02. The zero-order valence-corrected chi connectivity index (χ0v) is 11.7. The lowest BCUT2D eigenvalue weighted by molar-refractivity contribution is -0.384. The van der Waals surface area contributed by atoms with Gasteiger partial charge in [0.2, 0.25) is 5.82 Å². The fourth-order valence-corrected chi connectivity index (χ4v) is 1.84. The third-order valence-corrected chi connectivity index (χ3v) is 2.50. The van der Waals surface area contributed by atoms with E-state index >= 15 is 0 Å². The summed E-state index contributed by atoms with van der Waals surface area (Å²) in [6.45, 7) is 4.05. The number of hydrogen-bond acceptors (Lipinski definition) is 6. The van der Waals surface area contributed by atoms with Crippen molar-refractivity contribution in [2.24, 2.45) is 0 Å². The van der Waals surface area contributed by atoms with Crippen LogP contribution < -0.4 is 5.32 Å². The Labute approximate surface area is 112 Å². The summed E-state index contributed by atoms with van der Waals surface area (Å²) in [6.07, 6.45) is 0. The van der Waals surface area contributed by atoms with E-state index in [9.17, 15) is 15.2 Å². The fourth-order valence-electron chi connectivity index (χ4n) is 1.84. The van der Waals surface area contributed by atoms with Crippen molar-refractivity contribution in [1.82, 2.24) is 9.88 Å². The van der Waals surface area contributed by atoms with Crippen molar-refractivity contribution >= 4 is 11.5 Å². The number of likely N-dealkylation sites (N-methyl/N-ethyl adjacent to an activating group) is 1. The van der Waals surface area contributed by atoms with E-state index in [0.717, 1.165) is 0 Å². The van der Waals surface area contributed by atoms with Crippen molar-refractivity contribution in [2.45, 2.75) is 19.4 Å². The standard InChI is InChI=1S/C12H20N4O3/c1-9-5-6-10(16(18)19)11(14-9)13-7-12(2,17)8-15(3)4/h5-6,17H,7-8H2,1-4H3,(H,13,14). The molecule has 1 aromatic rings. The molecular weight excluding hydrogens is 248 g/mol. The van der Waals surface area contributed by atoms with Gasteiger partial charge < -0.3 is 15.3 Å². The van der Waals surface area contributed by atoms with Crippen LogP contribution in [0.5, 0.6) is 0 Å². The minimum Gasteiger partial charge on any atom is -0.387 e. The summed E-state index contributed by atoms with van der Waals surface area (Å²) in [7, 11) is 3.70. The Balaban J connectivity index is 2.82. The van der Waals surface area contributed by atoms with Crippen molar-refractivity contribution in [2.75, 3.05) is 32.5 Å². The van der Waals surface area contributed by atoms with Crippen molar-refractivity contribution in [3.05, 3.63) is 27.9 Å². The van der Waals surface area contributed by atoms with Gasteiger partial charge in [-0.25, -0.2) is 4.98 Å². The number of anilines is 1. The van der Waals surface area contributed by atoms with Crippen molar-refractivity contribution in [3.8, 4) is 0 Å². The third-order valence-electron chi connectivity index (χ3n) is 2.50. The van der Waals surface area contributed by atoms with E-state index in [2.05, 4.69) is 10.3 Å². The highest BCUT2D eigenvalue weighted by atomic mass is 16.6. The molecule has 7 heteroatoms. The van der Waals surface area contributed by atoms with Crippen LogP contribution in [0.15, 0.2) is 12.1 Å². The van der Waals surface area contributed by atoms with Crippen LogP contribution in [-0.2, 0) is 0 Å². The molecule has 0 aromatic carbocycles. The number of aliphatic hydroxyl groups is 1. The Morgan fingerprint density at radius 3 is 2.68 bits per heavy atom. The molecule has 1 rings (SSSR count). The topological polar surface area (TPSA) is 91.5 Å². The molecule has 0 aliphatic rings. The smallest absolute Gasteiger partial charge is 0.311 e. The number of aromatic nitrogens is 1. The summed E-state index contributed by atoms with van der Waals surface area (Å²) >= 11 is 0. The summed E-state index contributed by atoms with van der Waals surface area (Å²) in [5, 5.41) is 23.9. The number of rotatable bonds is 6. The summed E-state index contributed by atoms with van der Waals surface area (Å²) in [6, 6.07) is 2.99. The van der Waals surface area contributed by atoms with Crippen LogP contribution in [0.3, 0.4) is 0 Å². The SMILES string of the molecule is Cc1ccc([N+](=O)[O-])c(NCC(C)(O)CN(C)C)n1. The number of hydrogen-bond donors (Lipinski definition) is 2. The average molecular weight is 268 g/mol. The molecule has 0 bridgehead atoms. The Kier molecular flexibility index (Phi) is 4.79. The number of nitrogens with one attached hydrogen (secondary N) is 1. The molecule has 106 valence electrons. The first-order chi connectivity index (χ1) is 8.71. The lowest BCUT2D eigenvalue weighted by atomic mass is 10.1. The summed E-state index contributed by atoms with van der Waals surface area (Å²) in [5.74, 6) is 0.184. The fraction of sp³-hybridized carbons (Fsp3) is 0.583. The molecule has 7 nitrogen and oxygen atoms in total. The molecule has 0 spiro atoms. The number of nitrogens with zero attached hydrogens (tertiary/aromatic N) is 3.